The van der Waals surface area contributed by atoms with Gasteiger partial charge in [0.25, 0.3) is 0 Å². The molecular weight excluding hydrogens is 218 g/mol. The van der Waals surface area contributed by atoms with Gasteiger partial charge in [0.1, 0.15) is 5.75 Å². The zero-order valence-electron chi connectivity index (χ0n) is 9.23. The maximum absolute atomic E-state index is 10.8. The van der Waals surface area contributed by atoms with E-state index in [0.29, 0.717) is 0 Å². The fraction of sp³-hybridized carbons (Fsp3) is 0.308. The van der Waals surface area contributed by atoms with E-state index in [0.717, 1.165) is 29.4 Å². The molecule has 1 heterocycles. The molecule has 0 fully saturated rings. The van der Waals surface area contributed by atoms with Crippen molar-refractivity contribution >= 4 is 16.9 Å². The van der Waals surface area contributed by atoms with E-state index in [1.54, 1.807) is 12.1 Å². The molecule has 1 atom stereocenters. The minimum absolute atomic E-state index is 0.0806. The van der Waals surface area contributed by atoms with Crippen LogP contribution in [0.25, 0.3) is 10.9 Å². The molecule has 1 aliphatic rings. The number of phenols is 1. The van der Waals surface area contributed by atoms with Gasteiger partial charge in [-0.05, 0) is 36.6 Å². The summed E-state index contributed by atoms with van der Waals surface area (Å²) in [5, 5.41) is 19.4. The van der Waals surface area contributed by atoms with E-state index in [2.05, 4.69) is 4.98 Å². The van der Waals surface area contributed by atoms with Crippen LogP contribution in [-0.2, 0) is 11.2 Å². The molecule has 0 saturated heterocycles. The molecule has 3 N–H and O–H groups in total. The van der Waals surface area contributed by atoms with Crippen molar-refractivity contribution in [1.29, 1.82) is 0 Å². The molecule has 17 heavy (non-hydrogen) atoms. The number of phenolic OH excluding ortho intramolecular Hbond substituents is 1. The van der Waals surface area contributed by atoms with Gasteiger partial charge in [-0.3, -0.25) is 4.79 Å². The summed E-state index contributed by atoms with van der Waals surface area (Å²) in [6.45, 7) is 0. The summed E-state index contributed by atoms with van der Waals surface area (Å²) in [5.41, 5.74) is 3.18. The Morgan fingerprint density at radius 1 is 1.47 bits per heavy atom. The van der Waals surface area contributed by atoms with Crippen molar-refractivity contribution in [3.8, 4) is 5.75 Å². The van der Waals surface area contributed by atoms with Gasteiger partial charge < -0.3 is 15.2 Å². The van der Waals surface area contributed by atoms with Crippen LogP contribution in [0.15, 0.2) is 18.2 Å². The van der Waals surface area contributed by atoms with Crippen molar-refractivity contribution in [2.75, 3.05) is 0 Å². The Bertz CT molecular complexity index is 600. The normalized spacial score (nSPS) is 18.5. The SMILES string of the molecule is O=C(O)C[C@@H]1CCc2c1[nH]c1ccc(O)cc21. The molecule has 0 bridgehead atoms. The lowest BCUT2D eigenvalue weighted by atomic mass is 10.0. The molecule has 88 valence electrons. The molecule has 4 nitrogen and oxygen atoms in total. The van der Waals surface area contributed by atoms with E-state index >= 15 is 0 Å². The van der Waals surface area contributed by atoms with Gasteiger partial charge in [-0.2, -0.15) is 0 Å². The van der Waals surface area contributed by atoms with Gasteiger partial charge >= 0.3 is 5.97 Å². The highest BCUT2D eigenvalue weighted by atomic mass is 16.4. The molecule has 1 aromatic carbocycles. The first-order valence-corrected chi connectivity index (χ1v) is 5.70. The number of aryl methyl sites for hydroxylation is 1. The summed E-state index contributed by atoms with van der Waals surface area (Å²) in [5.74, 6) is -0.428. The monoisotopic (exact) mass is 231 g/mol. The number of aromatic hydroxyl groups is 1. The molecule has 0 unspecified atom stereocenters. The number of aliphatic carboxylic acids is 1. The highest BCUT2D eigenvalue weighted by Crippen LogP contribution is 2.40. The van der Waals surface area contributed by atoms with Crippen LogP contribution in [-0.4, -0.2) is 21.2 Å². The summed E-state index contributed by atoms with van der Waals surface area (Å²) in [6, 6.07) is 5.22. The van der Waals surface area contributed by atoms with E-state index in [1.807, 2.05) is 6.07 Å². The predicted octanol–water partition coefficient (Wildman–Crippen LogP) is 2.38. The molecule has 0 spiro atoms. The van der Waals surface area contributed by atoms with Crippen molar-refractivity contribution in [2.45, 2.75) is 25.2 Å². The summed E-state index contributed by atoms with van der Waals surface area (Å²) < 4.78 is 0. The Balaban J connectivity index is 2.10. The van der Waals surface area contributed by atoms with Crippen molar-refractivity contribution in [1.82, 2.24) is 4.98 Å². The highest BCUT2D eigenvalue weighted by Gasteiger charge is 2.28. The first-order chi connectivity index (χ1) is 8.15. The van der Waals surface area contributed by atoms with Gasteiger partial charge in [0.05, 0.1) is 6.42 Å². The molecular formula is C13H13NO3. The molecule has 0 radical (unpaired) electrons. The molecule has 0 saturated carbocycles. The summed E-state index contributed by atoms with van der Waals surface area (Å²) in [6.07, 6.45) is 1.93. The van der Waals surface area contributed by atoms with Gasteiger partial charge in [0, 0.05) is 22.5 Å². The third kappa shape index (κ3) is 1.56. The number of carboxylic acid groups (broad SMARTS) is 1. The molecule has 3 rings (SSSR count). The van der Waals surface area contributed by atoms with Crippen LogP contribution in [0.2, 0.25) is 0 Å². The lowest BCUT2D eigenvalue weighted by Gasteiger charge is -2.05. The van der Waals surface area contributed by atoms with Crippen LogP contribution in [0.4, 0.5) is 0 Å². The Kier molecular flexibility index (Phi) is 2.11. The van der Waals surface area contributed by atoms with Crippen molar-refractivity contribution < 1.29 is 15.0 Å². The number of hydrogen-bond acceptors (Lipinski definition) is 2. The van der Waals surface area contributed by atoms with E-state index < -0.39 is 5.97 Å². The molecule has 0 amide bonds. The molecule has 1 aromatic heterocycles. The minimum atomic E-state index is -0.760. The quantitative estimate of drug-likeness (QED) is 0.742. The Morgan fingerprint density at radius 2 is 2.29 bits per heavy atom. The second-order valence-electron chi connectivity index (χ2n) is 4.58. The highest BCUT2D eigenvalue weighted by molar-refractivity contribution is 5.87. The molecule has 1 aliphatic carbocycles. The fourth-order valence-electron chi connectivity index (χ4n) is 2.75. The Morgan fingerprint density at radius 3 is 3.06 bits per heavy atom. The average Bonchev–Trinajstić information content (AvgIpc) is 2.78. The van der Waals surface area contributed by atoms with Gasteiger partial charge in [-0.1, -0.05) is 0 Å². The molecule has 0 aliphatic heterocycles. The van der Waals surface area contributed by atoms with E-state index in [9.17, 15) is 9.90 Å². The summed E-state index contributed by atoms with van der Waals surface area (Å²) >= 11 is 0. The van der Waals surface area contributed by atoms with Crippen molar-refractivity contribution in [3.63, 3.8) is 0 Å². The standard InChI is InChI=1S/C13H13NO3/c15-8-2-4-11-10(6-8)9-3-1-7(5-12(16)17)13(9)14-11/h2,4,6-7,14-15H,1,3,5H2,(H,16,17)/t7-/m0/s1. The number of rotatable bonds is 2. The van der Waals surface area contributed by atoms with E-state index in [-0.39, 0.29) is 18.1 Å². The largest absolute Gasteiger partial charge is 0.508 e. The van der Waals surface area contributed by atoms with Gasteiger partial charge in [-0.15, -0.1) is 0 Å². The first-order valence-electron chi connectivity index (χ1n) is 5.70. The Labute approximate surface area is 97.9 Å². The minimum Gasteiger partial charge on any atom is -0.508 e. The maximum Gasteiger partial charge on any atom is 0.304 e. The second-order valence-corrected chi connectivity index (χ2v) is 4.58. The van der Waals surface area contributed by atoms with Gasteiger partial charge in [0.2, 0.25) is 0 Å². The Hall–Kier alpha value is -1.97. The van der Waals surface area contributed by atoms with E-state index in [4.69, 9.17) is 5.11 Å². The van der Waals surface area contributed by atoms with Crippen molar-refractivity contribution in [2.24, 2.45) is 0 Å². The summed E-state index contributed by atoms with van der Waals surface area (Å²) in [7, 11) is 0. The number of carboxylic acids is 1. The zero-order valence-corrected chi connectivity index (χ0v) is 9.23. The lowest BCUT2D eigenvalue weighted by molar-refractivity contribution is -0.137. The van der Waals surface area contributed by atoms with E-state index in [1.165, 1.54) is 5.56 Å². The third-order valence-corrected chi connectivity index (χ3v) is 3.49. The number of fused-ring (bicyclic) bond motifs is 3. The number of H-pyrrole nitrogens is 1. The maximum atomic E-state index is 10.8. The van der Waals surface area contributed by atoms with Crippen LogP contribution in [0.3, 0.4) is 0 Å². The topological polar surface area (TPSA) is 73.3 Å². The summed E-state index contributed by atoms with van der Waals surface area (Å²) in [4.78, 5) is 14.1. The van der Waals surface area contributed by atoms with Gasteiger partial charge in [-0.25, -0.2) is 0 Å². The smallest absolute Gasteiger partial charge is 0.304 e. The lowest BCUT2D eigenvalue weighted by Crippen LogP contribution is -2.03. The number of carbonyl (C=O) groups is 1. The fourth-order valence-corrected chi connectivity index (χ4v) is 2.75. The first kappa shape index (κ1) is 10.2. The number of hydrogen-bond donors (Lipinski definition) is 3. The number of aromatic nitrogens is 1. The average molecular weight is 231 g/mol. The van der Waals surface area contributed by atoms with Crippen LogP contribution < -0.4 is 0 Å². The number of aromatic amines is 1. The van der Waals surface area contributed by atoms with Crippen LogP contribution in [0.1, 0.15) is 30.0 Å². The van der Waals surface area contributed by atoms with Gasteiger partial charge in [0.15, 0.2) is 0 Å². The van der Waals surface area contributed by atoms with Crippen LogP contribution >= 0.6 is 0 Å². The second kappa shape index (κ2) is 3.52. The van der Waals surface area contributed by atoms with Crippen molar-refractivity contribution in [3.05, 3.63) is 29.5 Å². The molecule has 4 heteroatoms. The number of nitrogens with one attached hydrogen (secondary N) is 1. The number of benzene rings is 1. The van der Waals surface area contributed by atoms with Crippen LogP contribution in [0.5, 0.6) is 5.75 Å². The van der Waals surface area contributed by atoms with Crippen LogP contribution in [0, 0.1) is 0 Å². The zero-order chi connectivity index (χ0) is 12.0. The third-order valence-electron chi connectivity index (χ3n) is 3.49. The molecule has 2 aromatic rings. The predicted molar refractivity (Wildman–Crippen MR) is 63.3 cm³/mol.